The molecule has 1 aliphatic carbocycles. The first-order valence-electron chi connectivity index (χ1n) is 13.4. The van der Waals surface area contributed by atoms with Crippen molar-refractivity contribution in [2.24, 2.45) is 5.41 Å². The second-order valence-corrected chi connectivity index (χ2v) is 11.5. The molecular formula is C28H48ClN3O2. The van der Waals surface area contributed by atoms with Gasteiger partial charge < -0.3 is 19.7 Å². The van der Waals surface area contributed by atoms with E-state index in [2.05, 4.69) is 67.9 Å². The van der Waals surface area contributed by atoms with E-state index in [-0.39, 0.29) is 24.1 Å². The van der Waals surface area contributed by atoms with Gasteiger partial charge in [0.05, 0.1) is 12.7 Å². The summed E-state index contributed by atoms with van der Waals surface area (Å²) in [6.07, 6.45) is 5.47. The molecule has 1 saturated carbocycles. The van der Waals surface area contributed by atoms with Crippen molar-refractivity contribution in [3.63, 3.8) is 0 Å². The molecule has 1 aromatic carbocycles. The standard InChI is InChI=1S/C28H47N3O2.ClH/c1-6-32-18-17-30-13-15-31(16-14-30)26-8-7-24(28(5)21-29-20-22(2)33-28)19-25(26)23-9-11-27(3,4)12-10-23;/h7-8,19,22-23,29H,6,9-18,20-21H2,1-5H3;1H. The summed E-state index contributed by atoms with van der Waals surface area (Å²) in [5.74, 6) is 0.654. The van der Waals surface area contributed by atoms with Gasteiger partial charge in [-0.1, -0.05) is 26.0 Å². The minimum absolute atomic E-state index is 0. The zero-order valence-corrected chi connectivity index (χ0v) is 23.0. The molecular weight excluding hydrogens is 446 g/mol. The van der Waals surface area contributed by atoms with Crippen LogP contribution in [0.2, 0.25) is 0 Å². The Hall–Kier alpha value is -0.850. The Morgan fingerprint density at radius 3 is 2.44 bits per heavy atom. The van der Waals surface area contributed by atoms with Gasteiger partial charge in [-0.15, -0.1) is 12.4 Å². The van der Waals surface area contributed by atoms with Crippen molar-refractivity contribution >= 4 is 18.1 Å². The van der Waals surface area contributed by atoms with Gasteiger partial charge in [-0.05, 0) is 75.0 Å². The zero-order valence-electron chi connectivity index (χ0n) is 22.2. The van der Waals surface area contributed by atoms with E-state index in [0.717, 1.165) is 59.0 Å². The lowest BCUT2D eigenvalue weighted by Crippen LogP contribution is -2.49. The Morgan fingerprint density at radius 1 is 1.09 bits per heavy atom. The highest BCUT2D eigenvalue weighted by molar-refractivity contribution is 5.85. The molecule has 0 radical (unpaired) electrons. The molecule has 0 spiro atoms. The molecule has 34 heavy (non-hydrogen) atoms. The number of nitrogens with one attached hydrogen (secondary N) is 1. The van der Waals surface area contributed by atoms with Crippen molar-refractivity contribution in [2.75, 3.05) is 63.9 Å². The van der Waals surface area contributed by atoms with Crippen molar-refractivity contribution in [3.05, 3.63) is 29.3 Å². The Bertz CT molecular complexity index is 771. The highest BCUT2D eigenvalue weighted by atomic mass is 35.5. The Morgan fingerprint density at radius 2 is 1.79 bits per heavy atom. The van der Waals surface area contributed by atoms with Gasteiger partial charge in [-0.25, -0.2) is 0 Å². The molecule has 3 fully saturated rings. The van der Waals surface area contributed by atoms with Crippen molar-refractivity contribution in [1.29, 1.82) is 0 Å². The zero-order chi connectivity index (χ0) is 23.5. The molecule has 0 aromatic heterocycles. The van der Waals surface area contributed by atoms with Crippen molar-refractivity contribution in [1.82, 2.24) is 10.2 Å². The number of piperazine rings is 1. The van der Waals surface area contributed by atoms with Crippen LogP contribution in [0.4, 0.5) is 5.69 Å². The van der Waals surface area contributed by atoms with Crippen LogP contribution in [0.25, 0.3) is 0 Å². The first kappa shape index (κ1) is 27.7. The van der Waals surface area contributed by atoms with E-state index >= 15 is 0 Å². The Labute approximate surface area is 214 Å². The SMILES string of the molecule is CCOCCN1CCN(c2ccc(C3(C)CNCC(C)O3)cc2C2CCC(C)(C)CC2)CC1.Cl. The molecule has 0 bridgehead atoms. The number of rotatable bonds is 7. The van der Waals surface area contributed by atoms with Crippen LogP contribution in [0, 0.1) is 5.41 Å². The lowest BCUT2D eigenvalue weighted by Gasteiger charge is -2.42. The summed E-state index contributed by atoms with van der Waals surface area (Å²) in [5.41, 5.74) is 4.59. The smallest absolute Gasteiger partial charge is 0.103 e. The van der Waals surface area contributed by atoms with Gasteiger partial charge in [0.15, 0.2) is 0 Å². The average molecular weight is 494 g/mol. The van der Waals surface area contributed by atoms with Crippen LogP contribution in [0.5, 0.6) is 0 Å². The fraction of sp³-hybridized carbons (Fsp3) is 0.786. The maximum Gasteiger partial charge on any atom is 0.103 e. The van der Waals surface area contributed by atoms with Crippen LogP contribution in [0.15, 0.2) is 18.2 Å². The van der Waals surface area contributed by atoms with Crippen LogP contribution in [0.3, 0.4) is 0 Å². The van der Waals surface area contributed by atoms with Crippen LogP contribution < -0.4 is 10.2 Å². The van der Waals surface area contributed by atoms with Crippen molar-refractivity contribution in [2.45, 2.75) is 77.9 Å². The molecule has 194 valence electrons. The van der Waals surface area contributed by atoms with Crippen LogP contribution in [0.1, 0.15) is 77.3 Å². The molecule has 3 aliphatic rings. The highest BCUT2D eigenvalue weighted by Crippen LogP contribution is 2.46. The normalized spacial score (nSPS) is 28.5. The molecule has 0 amide bonds. The topological polar surface area (TPSA) is 37.0 Å². The second-order valence-electron chi connectivity index (χ2n) is 11.5. The minimum atomic E-state index is -0.253. The summed E-state index contributed by atoms with van der Waals surface area (Å²) in [7, 11) is 0. The van der Waals surface area contributed by atoms with Crippen LogP contribution in [-0.2, 0) is 15.1 Å². The largest absolute Gasteiger partial charge is 0.380 e. The first-order chi connectivity index (χ1) is 15.8. The van der Waals surface area contributed by atoms with Crippen molar-refractivity contribution < 1.29 is 9.47 Å². The van der Waals surface area contributed by atoms with Gasteiger partial charge in [-0.3, -0.25) is 4.90 Å². The molecule has 2 saturated heterocycles. The van der Waals surface area contributed by atoms with Gasteiger partial charge in [-0.2, -0.15) is 0 Å². The van der Waals surface area contributed by atoms with E-state index < -0.39 is 0 Å². The second kappa shape index (κ2) is 11.9. The van der Waals surface area contributed by atoms with E-state index in [0.29, 0.717) is 11.3 Å². The Kier molecular flexibility index (Phi) is 9.73. The van der Waals surface area contributed by atoms with Crippen molar-refractivity contribution in [3.8, 4) is 0 Å². The molecule has 1 N–H and O–H groups in total. The summed E-state index contributed by atoms with van der Waals surface area (Å²) in [6, 6.07) is 7.26. The monoisotopic (exact) mass is 493 g/mol. The summed E-state index contributed by atoms with van der Waals surface area (Å²) < 4.78 is 12.1. The summed E-state index contributed by atoms with van der Waals surface area (Å²) in [4.78, 5) is 5.19. The van der Waals surface area contributed by atoms with E-state index in [9.17, 15) is 0 Å². The summed E-state index contributed by atoms with van der Waals surface area (Å²) in [5, 5.41) is 3.59. The molecule has 4 rings (SSSR count). The molecule has 2 unspecified atom stereocenters. The predicted octanol–water partition coefficient (Wildman–Crippen LogP) is 5.17. The maximum absolute atomic E-state index is 6.49. The summed E-state index contributed by atoms with van der Waals surface area (Å²) in [6.45, 7) is 20.3. The van der Waals surface area contributed by atoms with Gasteiger partial charge in [0.1, 0.15) is 5.60 Å². The molecule has 2 atom stereocenters. The number of nitrogens with zero attached hydrogens (tertiary/aromatic N) is 2. The lowest BCUT2D eigenvalue weighted by atomic mass is 9.70. The van der Waals surface area contributed by atoms with Crippen LogP contribution >= 0.6 is 12.4 Å². The number of anilines is 1. The third-order valence-corrected chi connectivity index (χ3v) is 8.24. The van der Waals surface area contributed by atoms with Gasteiger partial charge in [0.2, 0.25) is 0 Å². The fourth-order valence-electron chi connectivity index (χ4n) is 5.97. The third-order valence-electron chi connectivity index (χ3n) is 8.24. The number of halogens is 1. The number of morpholine rings is 1. The summed E-state index contributed by atoms with van der Waals surface area (Å²) >= 11 is 0. The van der Waals surface area contributed by atoms with E-state index in [1.807, 2.05) is 0 Å². The third kappa shape index (κ3) is 6.67. The first-order valence-corrected chi connectivity index (χ1v) is 13.4. The lowest BCUT2D eigenvalue weighted by molar-refractivity contribution is -0.102. The average Bonchev–Trinajstić information content (AvgIpc) is 2.79. The number of benzene rings is 1. The minimum Gasteiger partial charge on any atom is -0.380 e. The predicted molar refractivity (Wildman–Crippen MR) is 145 cm³/mol. The van der Waals surface area contributed by atoms with Crippen LogP contribution in [-0.4, -0.2) is 70.0 Å². The van der Waals surface area contributed by atoms with E-state index in [1.165, 1.54) is 36.9 Å². The molecule has 2 aliphatic heterocycles. The van der Waals surface area contributed by atoms with Gasteiger partial charge >= 0.3 is 0 Å². The molecule has 1 aromatic rings. The molecule has 2 heterocycles. The number of hydrogen-bond acceptors (Lipinski definition) is 5. The van der Waals surface area contributed by atoms with E-state index in [1.54, 1.807) is 5.56 Å². The molecule has 6 heteroatoms. The maximum atomic E-state index is 6.49. The fourth-order valence-corrected chi connectivity index (χ4v) is 5.97. The Balaban J connectivity index is 0.00000324. The van der Waals surface area contributed by atoms with E-state index in [4.69, 9.17) is 9.47 Å². The molecule has 5 nitrogen and oxygen atoms in total. The van der Waals surface area contributed by atoms with Gasteiger partial charge in [0, 0.05) is 58.1 Å². The highest BCUT2D eigenvalue weighted by Gasteiger charge is 2.35. The quantitative estimate of drug-likeness (QED) is 0.530. The number of hydrogen-bond donors (Lipinski definition) is 1. The number of ether oxygens (including phenoxy) is 2. The van der Waals surface area contributed by atoms with Gasteiger partial charge in [0.25, 0.3) is 0 Å².